The minimum Gasteiger partial charge on any atom is -0.479 e. The number of aliphatic carboxylic acids is 1. The second-order valence-electron chi connectivity index (χ2n) is 7.51. The van der Waals surface area contributed by atoms with Crippen LogP contribution in [-0.4, -0.2) is 36.2 Å². The molecular weight excluding hydrogens is 366 g/mol. The molecule has 1 aliphatic carbocycles. The van der Waals surface area contributed by atoms with Crippen LogP contribution in [0.5, 0.6) is 0 Å². The number of hydrogen-bond acceptors (Lipinski definition) is 3. The smallest absolute Gasteiger partial charge is 0.335 e. The fourth-order valence-electron chi connectivity index (χ4n) is 4.07. The lowest BCUT2D eigenvalue weighted by Gasteiger charge is -2.36. The van der Waals surface area contributed by atoms with Gasteiger partial charge in [-0.3, -0.25) is 4.79 Å². The van der Waals surface area contributed by atoms with Gasteiger partial charge in [-0.1, -0.05) is 43.5 Å². The number of hydrogen-bond donors (Lipinski definition) is 2. The summed E-state index contributed by atoms with van der Waals surface area (Å²) in [7, 11) is 1.42. The molecule has 0 radical (unpaired) electrons. The fourth-order valence-corrected chi connectivity index (χ4v) is 4.20. The molecule has 1 aromatic rings. The summed E-state index contributed by atoms with van der Waals surface area (Å²) in [5.41, 5.74) is -0.769. The van der Waals surface area contributed by atoms with Crippen LogP contribution in [0.4, 0.5) is 0 Å². The third-order valence-electron chi connectivity index (χ3n) is 5.86. The highest BCUT2D eigenvalue weighted by atomic mass is 35.5. The molecule has 0 saturated heterocycles. The SMILES string of the molecule is CC[C@@](CC1(C(=O)NCCCc2ccc(Cl)cc2)CCCC1)(OC)C(=O)O. The van der Waals surface area contributed by atoms with Gasteiger partial charge in [0.2, 0.25) is 5.91 Å². The maximum atomic E-state index is 13.0. The van der Waals surface area contributed by atoms with E-state index in [9.17, 15) is 14.7 Å². The van der Waals surface area contributed by atoms with Crippen LogP contribution in [0.25, 0.3) is 0 Å². The predicted molar refractivity (Wildman–Crippen MR) is 106 cm³/mol. The summed E-state index contributed by atoms with van der Waals surface area (Å²) < 4.78 is 5.39. The monoisotopic (exact) mass is 395 g/mol. The number of carboxylic acids is 1. The van der Waals surface area contributed by atoms with Crippen molar-refractivity contribution in [2.24, 2.45) is 5.41 Å². The summed E-state index contributed by atoms with van der Waals surface area (Å²) in [6, 6.07) is 7.71. The van der Waals surface area contributed by atoms with Crippen LogP contribution >= 0.6 is 11.6 Å². The molecule has 150 valence electrons. The van der Waals surface area contributed by atoms with Crippen LogP contribution in [0.3, 0.4) is 0 Å². The van der Waals surface area contributed by atoms with E-state index in [1.54, 1.807) is 6.92 Å². The molecule has 0 unspecified atom stereocenters. The molecule has 5 nitrogen and oxygen atoms in total. The zero-order valence-electron chi connectivity index (χ0n) is 16.2. The summed E-state index contributed by atoms with van der Waals surface area (Å²) in [5, 5.41) is 13.4. The Morgan fingerprint density at radius 2 is 1.89 bits per heavy atom. The van der Waals surface area contributed by atoms with Crippen molar-refractivity contribution in [2.75, 3.05) is 13.7 Å². The van der Waals surface area contributed by atoms with Gasteiger partial charge in [0.1, 0.15) is 0 Å². The quantitative estimate of drug-likeness (QED) is 0.581. The van der Waals surface area contributed by atoms with E-state index in [1.165, 1.54) is 12.7 Å². The summed E-state index contributed by atoms with van der Waals surface area (Å²) in [5.74, 6) is -1.03. The van der Waals surface area contributed by atoms with Crippen LogP contribution in [0.2, 0.25) is 5.02 Å². The predicted octanol–water partition coefficient (Wildman–Crippen LogP) is 4.22. The molecule has 2 N–H and O–H groups in total. The number of carbonyl (C=O) groups excluding carboxylic acids is 1. The van der Waals surface area contributed by atoms with Crippen LogP contribution in [0.1, 0.15) is 57.4 Å². The van der Waals surface area contributed by atoms with Gasteiger partial charge in [-0.15, -0.1) is 0 Å². The first-order valence-electron chi connectivity index (χ1n) is 9.69. The molecule has 0 spiro atoms. The third kappa shape index (κ3) is 5.23. The molecule has 1 atom stereocenters. The normalized spacial score (nSPS) is 18.0. The number of carboxylic acid groups (broad SMARTS) is 1. The molecule has 0 heterocycles. The summed E-state index contributed by atoms with van der Waals surface area (Å²) in [4.78, 5) is 24.8. The Bertz CT molecular complexity index is 634. The first-order valence-corrected chi connectivity index (χ1v) is 10.1. The maximum Gasteiger partial charge on any atom is 0.335 e. The van der Waals surface area contributed by atoms with Crippen LogP contribution in [0, 0.1) is 5.41 Å². The van der Waals surface area contributed by atoms with E-state index in [1.807, 2.05) is 24.3 Å². The van der Waals surface area contributed by atoms with E-state index in [0.717, 1.165) is 25.7 Å². The molecule has 1 aliphatic rings. The Hall–Kier alpha value is -1.59. The number of amides is 1. The molecule has 27 heavy (non-hydrogen) atoms. The van der Waals surface area contributed by atoms with Crippen LogP contribution in [0.15, 0.2) is 24.3 Å². The number of rotatable bonds is 10. The number of aryl methyl sites for hydroxylation is 1. The second-order valence-corrected chi connectivity index (χ2v) is 7.94. The van der Waals surface area contributed by atoms with Gasteiger partial charge < -0.3 is 15.2 Å². The van der Waals surface area contributed by atoms with Crippen molar-refractivity contribution in [2.45, 2.75) is 63.9 Å². The molecule has 0 bridgehead atoms. The lowest BCUT2D eigenvalue weighted by Crippen LogP contribution is -2.50. The molecule has 1 fully saturated rings. The molecule has 1 amide bonds. The second kappa shape index (κ2) is 9.56. The van der Waals surface area contributed by atoms with Gasteiger partial charge in [-0.05, 0) is 49.8 Å². The molecule has 0 aromatic heterocycles. The van der Waals surface area contributed by atoms with Gasteiger partial charge in [0.15, 0.2) is 5.60 Å². The third-order valence-corrected chi connectivity index (χ3v) is 6.11. The average Bonchev–Trinajstić information content (AvgIpc) is 3.14. The number of ether oxygens (including phenoxy) is 1. The highest BCUT2D eigenvalue weighted by molar-refractivity contribution is 6.30. The van der Waals surface area contributed by atoms with Gasteiger partial charge in [-0.25, -0.2) is 4.79 Å². The molecular formula is C21H30ClNO4. The summed E-state index contributed by atoms with van der Waals surface area (Å²) in [6.07, 6.45) is 5.57. The summed E-state index contributed by atoms with van der Waals surface area (Å²) in [6.45, 7) is 2.37. The highest BCUT2D eigenvalue weighted by Crippen LogP contribution is 2.46. The summed E-state index contributed by atoms with van der Waals surface area (Å²) >= 11 is 5.89. The average molecular weight is 396 g/mol. The minimum absolute atomic E-state index is 0.0350. The number of benzene rings is 1. The molecule has 2 rings (SSSR count). The van der Waals surface area contributed by atoms with E-state index in [4.69, 9.17) is 16.3 Å². The van der Waals surface area contributed by atoms with E-state index >= 15 is 0 Å². The number of methoxy groups -OCH3 is 1. The standard InChI is InChI=1S/C21H30ClNO4/c1-3-21(27-2,19(25)26)15-20(12-4-5-13-20)18(24)23-14-6-7-16-8-10-17(22)11-9-16/h8-11H,3-7,12-15H2,1-2H3,(H,23,24)(H,25,26)/t21-/m0/s1. The zero-order valence-corrected chi connectivity index (χ0v) is 17.0. The van der Waals surface area contributed by atoms with Gasteiger partial charge in [0.25, 0.3) is 0 Å². The van der Waals surface area contributed by atoms with E-state index in [-0.39, 0.29) is 12.3 Å². The number of nitrogens with one attached hydrogen (secondary N) is 1. The van der Waals surface area contributed by atoms with Crippen molar-refractivity contribution in [1.82, 2.24) is 5.32 Å². The zero-order chi connectivity index (χ0) is 19.9. The number of halogens is 1. The van der Waals surface area contributed by atoms with Crippen molar-refractivity contribution >= 4 is 23.5 Å². The van der Waals surface area contributed by atoms with Crippen LogP contribution < -0.4 is 5.32 Å². The number of carbonyl (C=O) groups is 2. The minimum atomic E-state index is -1.30. The lowest BCUT2D eigenvalue weighted by atomic mass is 9.74. The van der Waals surface area contributed by atoms with Crippen molar-refractivity contribution < 1.29 is 19.4 Å². The lowest BCUT2D eigenvalue weighted by molar-refractivity contribution is -0.169. The van der Waals surface area contributed by atoms with Gasteiger partial charge >= 0.3 is 5.97 Å². The molecule has 0 aliphatic heterocycles. The topological polar surface area (TPSA) is 75.6 Å². The molecule has 1 saturated carbocycles. The van der Waals surface area contributed by atoms with Gasteiger partial charge in [0.05, 0.1) is 5.41 Å². The first-order chi connectivity index (χ1) is 12.9. The van der Waals surface area contributed by atoms with Crippen molar-refractivity contribution in [3.63, 3.8) is 0 Å². The van der Waals surface area contributed by atoms with Crippen molar-refractivity contribution in [1.29, 1.82) is 0 Å². The molecule has 1 aromatic carbocycles. The Labute approximate surface area is 166 Å². The fraction of sp³-hybridized carbons (Fsp3) is 0.619. The Kier molecular flexibility index (Phi) is 7.68. The van der Waals surface area contributed by atoms with E-state index < -0.39 is 17.0 Å². The van der Waals surface area contributed by atoms with Crippen LogP contribution in [-0.2, 0) is 20.7 Å². The Balaban J connectivity index is 1.95. The highest BCUT2D eigenvalue weighted by Gasteiger charge is 2.50. The Morgan fingerprint density at radius 3 is 2.41 bits per heavy atom. The van der Waals surface area contributed by atoms with Gasteiger partial charge in [0, 0.05) is 25.1 Å². The van der Waals surface area contributed by atoms with E-state index in [2.05, 4.69) is 5.32 Å². The molecule has 6 heteroatoms. The van der Waals surface area contributed by atoms with Gasteiger partial charge in [-0.2, -0.15) is 0 Å². The van der Waals surface area contributed by atoms with Crippen molar-refractivity contribution in [3.8, 4) is 0 Å². The van der Waals surface area contributed by atoms with E-state index in [0.29, 0.717) is 30.8 Å². The Morgan fingerprint density at radius 1 is 1.26 bits per heavy atom. The first kappa shape index (κ1) is 21.7. The van der Waals surface area contributed by atoms with Crippen molar-refractivity contribution in [3.05, 3.63) is 34.9 Å². The maximum absolute atomic E-state index is 13.0. The largest absolute Gasteiger partial charge is 0.479 e.